The van der Waals surface area contributed by atoms with E-state index in [-0.39, 0.29) is 16.2 Å². The van der Waals surface area contributed by atoms with Crippen LogP contribution >= 0.6 is 23.2 Å². The summed E-state index contributed by atoms with van der Waals surface area (Å²) in [6, 6.07) is 1.48. The lowest BCUT2D eigenvalue weighted by molar-refractivity contribution is -0.116. The molecule has 0 aliphatic heterocycles. The highest BCUT2D eigenvalue weighted by Crippen LogP contribution is 2.33. The first-order valence-electron chi connectivity index (χ1n) is 5.86. The van der Waals surface area contributed by atoms with Gasteiger partial charge in [-0.15, -0.1) is 0 Å². The van der Waals surface area contributed by atoms with Crippen LogP contribution in [-0.2, 0) is 9.53 Å². The van der Waals surface area contributed by atoms with Crippen LogP contribution in [0.4, 0.5) is 11.4 Å². The van der Waals surface area contributed by atoms with E-state index in [1.54, 1.807) is 7.11 Å². The summed E-state index contributed by atoms with van der Waals surface area (Å²) in [4.78, 5) is 17.1. The normalized spacial score (nSPS) is 10.5. The third-order valence-corrected chi connectivity index (χ3v) is 3.04. The van der Waals surface area contributed by atoms with Crippen LogP contribution in [0.25, 0.3) is 0 Å². The molecule has 0 radical (unpaired) electrons. The maximum atomic E-state index is 11.7. The maximum absolute atomic E-state index is 11.7. The Morgan fingerprint density at radius 2 is 2.16 bits per heavy atom. The van der Waals surface area contributed by atoms with Crippen LogP contribution < -0.4 is 10.6 Å². The van der Waals surface area contributed by atoms with E-state index in [1.165, 1.54) is 17.9 Å². The topological polar surface area (TPSA) is 68.5 Å². The number of unbranched alkanes of at least 4 members (excludes halogenated alkanes) is 1. The van der Waals surface area contributed by atoms with Gasteiger partial charge in [-0.2, -0.15) is 0 Å². The van der Waals surface area contributed by atoms with E-state index in [1.807, 2.05) is 0 Å². The first-order valence-corrected chi connectivity index (χ1v) is 6.61. The molecule has 1 aromatic rings. The molecule has 1 heterocycles. The van der Waals surface area contributed by atoms with E-state index in [2.05, 4.69) is 4.98 Å². The van der Waals surface area contributed by atoms with Gasteiger partial charge in [0.25, 0.3) is 0 Å². The van der Waals surface area contributed by atoms with Crippen LogP contribution in [0.2, 0.25) is 10.3 Å². The molecule has 0 aromatic carbocycles. The van der Waals surface area contributed by atoms with Gasteiger partial charge in [0.2, 0.25) is 5.91 Å². The zero-order valence-electron chi connectivity index (χ0n) is 10.9. The number of methoxy groups -OCH3 is 1. The number of anilines is 2. The number of rotatable bonds is 6. The molecule has 1 aromatic heterocycles. The summed E-state index contributed by atoms with van der Waals surface area (Å²) >= 11 is 11.8. The molecule has 7 heteroatoms. The second kappa shape index (κ2) is 7.53. The number of halogens is 2. The van der Waals surface area contributed by atoms with Crippen molar-refractivity contribution < 1.29 is 9.53 Å². The number of nitrogen functional groups attached to an aromatic ring is 1. The summed E-state index contributed by atoms with van der Waals surface area (Å²) in [7, 11) is 1.64. The molecule has 5 nitrogen and oxygen atoms in total. The number of pyridine rings is 1. The molecule has 19 heavy (non-hydrogen) atoms. The first kappa shape index (κ1) is 16.0. The van der Waals surface area contributed by atoms with Crippen molar-refractivity contribution in [3.05, 3.63) is 16.4 Å². The monoisotopic (exact) mass is 305 g/mol. The highest BCUT2D eigenvalue weighted by atomic mass is 35.5. The van der Waals surface area contributed by atoms with E-state index in [4.69, 9.17) is 33.7 Å². The lowest BCUT2D eigenvalue weighted by Crippen LogP contribution is -2.31. The van der Waals surface area contributed by atoms with E-state index in [0.29, 0.717) is 24.5 Å². The second-order valence-corrected chi connectivity index (χ2v) is 4.79. The Morgan fingerprint density at radius 3 is 2.68 bits per heavy atom. The van der Waals surface area contributed by atoms with Crippen LogP contribution in [0.1, 0.15) is 19.8 Å². The summed E-state index contributed by atoms with van der Waals surface area (Å²) in [5, 5.41) is 0.334. The quantitative estimate of drug-likeness (QED) is 0.648. The zero-order chi connectivity index (χ0) is 14.4. The molecule has 0 fully saturated rings. The average Bonchev–Trinajstić information content (AvgIpc) is 2.30. The van der Waals surface area contributed by atoms with Gasteiger partial charge in [-0.25, -0.2) is 4.98 Å². The maximum Gasteiger partial charge on any atom is 0.224 e. The van der Waals surface area contributed by atoms with Crippen LogP contribution in [0, 0.1) is 0 Å². The Bertz CT molecular complexity index is 432. The van der Waals surface area contributed by atoms with Crippen molar-refractivity contribution in [2.24, 2.45) is 0 Å². The molecule has 2 N–H and O–H groups in total. The van der Waals surface area contributed by atoms with Crippen molar-refractivity contribution in [3.63, 3.8) is 0 Å². The number of carbonyl (C=O) groups is 1. The molecular formula is C12H17Cl2N3O2. The van der Waals surface area contributed by atoms with Crippen molar-refractivity contribution >= 4 is 40.5 Å². The minimum atomic E-state index is -0.143. The number of nitrogens with zero attached hydrogens (tertiary/aromatic N) is 2. The van der Waals surface area contributed by atoms with E-state index in [0.717, 1.165) is 12.8 Å². The number of aromatic nitrogens is 1. The average molecular weight is 306 g/mol. The van der Waals surface area contributed by atoms with Crippen molar-refractivity contribution in [2.45, 2.75) is 19.8 Å². The summed E-state index contributed by atoms with van der Waals surface area (Å²) < 4.78 is 4.97. The van der Waals surface area contributed by atoms with Gasteiger partial charge >= 0.3 is 0 Å². The first-order chi connectivity index (χ1) is 8.97. The SMILES string of the molecule is COCCCCN(C(C)=O)c1c(N)cc(Cl)nc1Cl. The van der Waals surface area contributed by atoms with Gasteiger partial charge in [0.1, 0.15) is 10.8 Å². The molecule has 0 atom stereocenters. The third-order valence-electron chi connectivity index (χ3n) is 2.58. The minimum Gasteiger partial charge on any atom is -0.397 e. The largest absolute Gasteiger partial charge is 0.397 e. The predicted octanol–water partition coefficient (Wildman–Crippen LogP) is 2.75. The summed E-state index contributed by atoms with van der Waals surface area (Å²) in [6.07, 6.45) is 1.63. The number of carbonyl (C=O) groups excluding carboxylic acids is 1. The van der Waals surface area contributed by atoms with Crippen LogP contribution in [0.3, 0.4) is 0 Å². The molecule has 1 rings (SSSR count). The van der Waals surface area contributed by atoms with Gasteiger partial charge < -0.3 is 15.4 Å². The van der Waals surface area contributed by atoms with Crippen molar-refractivity contribution in [3.8, 4) is 0 Å². The predicted molar refractivity (Wildman–Crippen MR) is 77.8 cm³/mol. The van der Waals surface area contributed by atoms with Gasteiger partial charge in [-0.05, 0) is 12.8 Å². The number of ether oxygens (including phenoxy) is 1. The molecular weight excluding hydrogens is 289 g/mol. The van der Waals surface area contributed by atoms with Gasteiger partial charge in [0, 0.05) is 33.3 Å². The van der Waals surface area contributed by atoms with Crippen molar-refractivity contribution in [1.29, 1.82) is 0 Å². The molecule has 0 bridgehead atoms. The summed E-state index contributed by atoms with van der Waals surface area (Å²) in [5.41, 5.74) is 6.62. The van der Waals surface area contributed by atoms with Crippen LogP contribution in [0.15, 0.2) is 6.07 Å². The highest BCUT2D eigenvalue weighted by Gasteiger charge is 2.19. The number of nitrogens with two attached hydrogens (primary N) is 1. The standard InChI is InChI=1S/C12H17Cl2N3O2/c1-8(18)17(5-3-4-6-19-2)11-9(15)7-10(13)16-12(11)14/h7H,3-6H2,1-2H3,(H2,15,16). The van der Waals surface area contributed by atoms with Gasteiger partial charge in [-0.3, -0.25) is 4.79 Å². The number of amides is 1. The van der Waals surface area contributed by atoms with E-state index in [9.17, 15) is 4.79 Å². The Labute approximate surface area is 122 Å². The summed E-state index contributed by atoms with van der Waals surface area (Å²) in [5.74, 6) is -0.143. The van der Waals surface area contributed by atoms with Crippen LogP contribution in [-0.4, -0.2) is 31.2 Å². The number of hydrogen-bond donors (Lipinski definition) is 1. The Balaban J connectivity index is 2.90. The molecule has 0 unspecified atom stereocenters. The van der Waals surface area contributed by atoms with E-state index < -0.39 is 0 Å². The van der Waals surface area contributed by atoms with Crippen molar-refractivity contribution in [1.82, 2.24) is 4.98 Å². The lowest BCUT2D eigenvalue weighted by atomic mass is 10.2. The van der Waals surface area contributed by atoms with Crippen molar-refractivity contribution in [2.75, 3.05) is 30.9 Å². The van der Waals surface area contributed by atoms with Gasteiger partial charge in [0.15, 0.2) is 5.15 Å². The molecule has 106 valence electrons. The van der Waals surface area contributed by atoms with Crippen LogP contribution in [0.5, 0.6) is 0 Å². The van der Waals surface area contributed by atoms with E-state index >= 15 is 0 Å². The zero-order valence-corrected chi connectivity index (χ0v) is 12.5. The second-order valence-electron chi connectivity index (χ2n) is 4.04. The molecule has 0 aliphatic carbocycles. The number of hydrogen-bond acceptors (Lipinski definition) is 4. The highest BCUT2D eigenvalue weighted by molar-refractivity contribution is 6.35. The molecule has 1 amide bonds. The fourth-order valence-electron chi connectivity index (χ4n) is 1.70. The Hall–Kier alpha value is -1.04. The molecule has 0 saturated heterocycles. The molecule has 0 saturated carbocycles. The Morgan fingerprint density at radius 1 is 1.47 bits per heavy atom. The summed E-state index contributed by atoms with van der Waals surface area (Å²) in [6.45, 7) is 2.61. The molecule has 0 aliphatic rings. The fourth-order valence-corrected chi connectivity index (χ4v) is 2.25. The third kappa shape index (κ3) is 4.53. The smallest absolute Gasteiger partial charge is 0.224 e. The lowest BCUT2D eigenvalue weighted by Gasteiger charge is -2.23. The molecule has 0 spiro atoms. The fraction of sp³-hybridized carbons (Fsp3) is 0.500. The minimum absolute atomic E-state index is 0.131. The Kier molecular flexibility index (Phi) is 6.34. The van der Waals surface area contributed by atoms with Gasteiger partial charge in [0.05, 0.1) is 5.69 Å². The van der Waals surface area contributed by atoms with Gasteiger partial charge in [-0.1, -0.05) is 23.2 Å².